The lowest BCUT2D eigenvalue weighted by molar-refractivity contribution is -0.129. The molecule has 2 aromatic carbocycles. The van der Waals surface area contributed by atoms with Crippen LogP contribution in [0.3, 0.4) is 0 Å². The average Bonchev–Trinajstić information content (AvgIpc) is 3.17. The highest BCUT2D eigenvalue weighted by molar-refractivity contribution is 5.90. The van der Waals surface area contributed by atoms with Gasteiger partial charge in [-0.05, 0) is 16.3 Å². The number of hydrogen-bond acceptors (Lipinski definition) is 5. The molecule has 4 rings (SSSR count). The summed E-state index contributed by atoms with van der Waals surface area (Å²) in [4.78, 5) is 22.9. The van der Waals surface area contributed by atoms with Crippen molar-refractivity contribution in [2.75, 3.05) is 20.2 Å². The molecule has 1 atom stereocenters. The molecule has 1 aromatic heterocycles. The molecular formula is C21H21N3O3. The molecule has 6 heteroatoms. The molecule has 0 aliphatic carbocycles. The number of aromatic nitrogens is 2. The molecule has 1 amide bonds. The van der Waals surface area contributed by atoms with Gasteiger partial charge in [0.15, 0.2) is 0 Å². The molecule has 1 aliphatic heterocycles. The number of fused-ring (bicyclic) bond motifs is 1. The lowest BCUT2D eigenvalue weighted by Gasteiger charge is -2.17. The smallest absolute Gasteiger partial charge is 0.235 e. The Hall–Kier alpha value is -3.15. The van der Waals surface area contributed by atoms with Crippen LogP contribution in [0.2, 0.25) is 0 Å². The largest absolute Gasteiger partial charge is 0.480 e. The zero-order valence-electron chi connectivity index (χ0n) is 15.2. The van der Waals surface area contributed by atoms with E-state index in [0.717, 1.165) is 22.8 Å². The van der Waals surface area contributed by atoms with E-state index in [4.69, 9.17) is 9.47 Å². The fourth-order valence-electron chi connectivity index (χ4n) is 3.43. The number of carbonyl (C=O) groups is 1. The normalized spacial score (nSPS) is 16.5. The number of hydrogen-bond donors (Lipinski definition) is 0. The molecule has 1 fully saturated rings. The molecule has 1 saturated heterocycles. The molecule has 0 bridgehead atoms. The van der Waals surface area contributed by atoms with Crippen LogP contribution in [0.4, 0.5) is 0 Å². The van der Waals surface area contributed by atoms with Gasteiger partial charge in [0.1, 0.15) is 6.10 Å². The monoisotopic (exact) mass is 363 g/mol. The maximum atomic E-state index is 12.8. The molecule has 138 valence electrons. The van der Waals surface area contributed by atoms with Gasteiger partial charge in [-0.15, -0.1) is 0 Å². The van der Waals surface area contributed by atoms with Crippen molar-refractivity contribution in [3.8, 4) is 11.8 Å². The minimum absolute atomic E-state index is 0.0807. The van der Waals surface area contributed by atoms with Crippen molar-refractivity contribution in [3.05, 3.63) is 60.4 Å². The van der Waals surface area contributed by atoms with Crippen LogP contribution in [0.1, 0.15) is 12.0 Å². The first-order chi connectivity index (χ1) is 13.2. The van der Waals surface area contributed by atoms with Crippen molar-refractivity contribution in [2.24, 2.45) is 0 Å². The Morgan fingerprint density at radius 2 is 1.96 bits per heavy atom. The van der Waals surface area contributed by atoms with Crippen molar-refractivity contribution < 1.29 is 14.3 Å². The number of likely N-dealkylation sites (tertiary alicyclic amines) is 1. The number of amides is 1. The van der Waals surface area contributed by atoms with Crippen molar-refractivity contribution >= 4 is 16.7 Å². The summed E-state index contributed by atoms with van der Waals surface area (Å²) in [6.45, 7) is 1.24. The molecule has 0 saturated carbocycles. The number of rotatable bonds is 5. The molecule has 27 heavy (non-hydrogen) atoms. The van der Waals surface area contributed by atoms with Crippen LogP contribution in [0.5, 0.6) is 11.8 Å². The van der Waals surface area contributed by atoms with Crippen LogP contribution < -0.4 is 9.47 Å². The summed E-state index contributed by atoms with van der Waals surface area (Å²) in [5.41, 5.74) is 1.06. The van der Waals surface area contributed by atoms with Gasteiger partial charge in [-0.1, -0.05) is 42.5 Å². The second kappa shape index (κ2) is 7.61. The fourth-order valence-corrected chi connectivity index (χ4v) is 3.43. The molecule has 6 nitrogen and oxygen atoms in total. The minimum Gasteiger partial charge on any atom is -0.480 e. The van der Waals surface area contributed by atoms with Crippen molar-refractivity contribution in [1.82, 2.24) is 14.9 Å². The highest BCUT2D eigenvalue weighted by atomic mass is 16.5. The van der Waals surface area contributed by atoms with E-state index in [0.29, 0.717) is 31.3 Å². The van der Waals surface area contributed by atoms with Gasteiger partial charge < -0.3 is 14.4 Å². The van der Waals surface area contributed by atoms with Crippen LogP contribution >= 0.6 is 0 Å². The van der Waals surface area contributed by atoms with E-state index < -0.39 is 0 Å². The summed E-state index contributed by atoms with van der Waals surface area (Å²) in [6, 6.07) is 14.2. The molecule has 0 spiro atoms. The highest BCUT2D eigenvalue weighted by Gasteiger charge is 2.28. The summed E-state index contributed by atoms with van der Waals surface area (Å²) in [6.07, 6.45) is 4.18. The Labute approximate surface area is 157 Å². The second-order valence-corrected chi connectivity index (χ2v) is 6.58. The maximum absolute atomic E-state index is 12.8. The van der Waals surface area contributed by atoms with Gasteiger partial charge in [0.2, 0.25) is 17.7 Å². The van der Waals surface area contributed by atoms with Crippen molar-refractivity contribution in [3.63, 3.8) is 0 Å². The summed E-state index contributed by atoms with van der Waals surface area (Å²) < 4.78 is 10.9. The number of carbonyl (C=O) groups excluding carboxylic acids is 1. The first-order valence-electron chi connectivity index (χ1n) is 9.00. The van der Waals surface area contributed by atoms with Gasteiger partial charge in [0.25, 0.3) is 0 Å². The summed E-state index contributed by atoms with van der Waals surface area (Å²) in [5, 5.41) is 2.29. The van der Waals surface area contributed by atoms with Gasteiger partial charge in [0, 0.05) is 13.0 Å². The number of methoxy groups -OCH3 is 1. The third kappa shape index (κ3) is 3.84. The van der Waals surface area contributed by atoms with Gasteiger partial charge in [-0.2, -0.15) is 4.98 Å². The Balaban J connectivity index is 1.40. The lowest BCUT2D eigenvalue weighted by atomic mass is 10.0. The van der Waals surface area contributed by atoms with Gasteiger partial charge >= 0.3 is 0 Å². The SMILES string of the molecule is COc1cncc(OC2CCN(C(=O)Cc3cccc4ccccc34)C2)n1. The molecule has 3 aromatic rings. The van der Waals surface area contributed by atoms with Crippen LogP contribution in [0.25, 0.3) is 10.8 Å². The van der Waals surface area contributed by atoms with E-state index in [1.54, 1.807) is 6.20 Å². The maximum Gasteiger partial charge on any atom is 0.235 e. The number of benzene rings is 2. The van der Waals surface area contributed by atoms with Gasteiger partial charge in [-0.25, -0.2) is 0 Å². The molecule has 1 unspecified atom stereocenters. The summed E-state index contributed by atoms with van der Waals surface area (Å²) in [7, 11) is 1.54. The minimum atomic E-state index is -0.0807. The van der Waals surface area contributed by atoms with E-state index in [1.807, 2.05) is 29.2 Å². The number of nitrogens with zero attached hydrogens (tertiary/aromatic N) is 3. The average molecular weight is 363 g/mol. The topological polar surface area (TPSA) is 64.6 Å². The number of ether oxygens (including phenoxy) is 2. The van der Waals surface area contributed by atoms with E-state index >= 15 is 0 Å². The first kappa shape index (κ1) is 17.3. The van der Waals surface area contributed by atoms with Crippen LogP contribution in [0, 0.1) is 0 Å². The quantitative estimate of drug-likeness (QED) is 0.697. The highest BCUT2D eigenvalue weighted by Crippen LogP contribution is 2.22. The third-order valence-corrected chi connectivity index (χ3v) is 4.81. The zero-order valence-corrected chi connectivity index (χ0v) is 15.2. The van der Waals surface area contributed by atoms with E-state index in [9.17, 15) is 4.79 Å². The van der Waals surface area contributed by atoms with Crippen molar-refractivity contribution in [2.45, 2.75) is 18.9 Å². The van der Waals surface area contributed by atoms with Gasteiger partial charge in [0.05, 0.1) is 32.5 Å². The Kier molecular flexibility index (Phi) is 4.87. The van der Waals surface area contributed by atoms with E-state index in [-0.39, 0.29) is 12.0 Å². The lowest BCUT2D eigenvalue weighted by Crippen LogP contribution is -2.32. The molecular weight excluding hydrogens is 342 g/mol. The molecule has 2 heterocycles. The van der Waals surface area contributed by atoms with Crippen LogP contribution in [-0.2, 0) is 11.2 Å². The predicted octanol–water partition coefficient (Wildman–Crippen LogP) is 2.86. The first-order valence-corrected chi connectivity index (χ1v) is 9.00. The Morgan fingerprint density at radius 3 is 2.85 bits per heavy atom. The zero-order chi connectivity index (χ0) is 18.6. The summed E-state index contributed by atoms with van der Waals surface area (Å²) in [5.74, 6) is 0.950. The van der Waals surface area contributed by atoms with Crippen LogP contribution in [-0.4, -0.2) is 47.1 Å². The third-order valence-electron chi connectivity index (χ3n) is 4.81. The molecule has 0 radical (unpaired) electrons. The molecule has 0 N–H and O–H groups in total. The van der Waals surface area contributed by atoms with E-state index in [2.05, 4.69) is 28.2 Å². The Morgan fingerprint density at radius 1 is 1.15 bits per heavy atom. The molecule has 1 aliphatic rings. The van der Waals surface area contributed by atoms with Gasteiger partial charge in [-0.3, -0.25) is 9.78 Å². The summed E-state index contributed by atoms with van der Waals surface area (Å²) >= 11 is 0. The standard InChI is InChI=1S/C21H21N3O3/c1-26-19-12-22-13-20(23-19)27-17-9-10-24(14-17)21(25)11-16-7-4-6-15-5-2-3-8-18(15)16/h2-8,12-13,17H,9-11,14H2,1H3. The Bertz CT molecular complexity index is 955. The van der Waals surface area contributed by atoms with Crippen LogP contribution in [0.15, 0.2) is 54.9 Å². The second-order valence-electron chi connectivity index (χ2n) is 6.58. The predicted molar refractivity (Wildman–Crippen MR) is 102 cm³/mol. The fraction of sp³-hybridized carbons (Fsp3) is 0.286. The van der Waals surface area contributed by atoms with E-state index in [1.165, 1.54) is 13.3 Å². The van der Waals surface area contributed by atoms with Crippen molar-refractivity contribution in [1.29, 1.82) is 0 Å².